The summed E-state index contributed by atoms with van der Waals surface area (Å²) in [7, 11) is 1.73. The van der Waals surface area contributed by atoms with E-state index in [1.165, 1.54) is 19.1 Å². The molecule has 1 N–H and O–H groups in total. The highest BCUT2D eigenvalue weighted by Crippen LogP contribution is 2.21. The molecule has 0 aliphatic heterocycles. The molecule has 4 nitrogen and oxygen atoms in total. The number of amides is 1. The van der Waals surface area contributed by atoms with Gasteiger partial charge in [-0.05, 0) is 24.3 Å². The predicted molar refractivity (Wildman–Crippen MR) is 62.9 cm³/mol. The zero-order chi connectivity index (χ0) is 12.4. The number of hydrogen-bond acceptors (Lipinski definition) is 2. The van der Waals surface area contributed by atoms with Crippen LogP contribution in [0.1, 0.15) is 6.92 Å². The molecule has 0 spiro atoms. The van der Waals surface area contributed by atoms with Gasteiger partial charge in [0.2, 0.25) is 5.91 Å². The van der Waals surface area contributed by atoms with E-state index in [-0.39, 0.29) is 11.7 Å². The molecule has 2 aromatic rings. The van der Waals surface area contributed by atoms with E-state index < -0.39 is 0 Å². The summed E-state index contributed by atoms with van der Waals surface area (Å²) in [4.78, 5) is 11.0. The van der Waals surface area contributed by atoms with Gasteiger partial charge in [0, 0.05) is 25.6 Å². The molecule has 0 fully saturated rings. The van der Waals surface area contributed by atoms with Gasteiger partial charge in [0.25, 0.3) is 0 Å². The van der Waals surface area contributed by atoms with E-state index in [2.05, 4.69) is 10.4 Å². The Labute approximate surface area is 98.1 Å². The Kier molecular flexibility index (Phi) is 2.91. The summed E-state index contributed by atoms with van der Waals surface area (Å²) in [5.41, 5.74) is 1.50. The standard InChI is InChI=1S/C12H12FN3O/c1-8(17)14-12-7-11(15-16(12)2)9-3-5-10(13)6-4-9/h3-7H,1-2H3,(H,14,17). The number of rotatable bonds is 2. The van der Waals surface area contributed by atoms with Crippen LogP contribution in [0.25, 0.3) is 11.3 Å². The topological polar surface area (TPSA) is 46.9 Å². The number of aryl methyl sites for hydroxylation is 1. The lowest BCUT2D eigenvalue weighted by Crippen LogP contribution is -2.09. The molecular formula is C12H12FN3O. The van der Waals surface area contributed by atoms with Gasteiger partial charge in [-0.25, -0.2) is 4.39 Å². The second-order valence-corrected chi connectivity index (χ2v) is 3.73. The zero-order valence-corrected chi connectivity index (χ0v) is 9.57. The number of benzene rings is 1. The molecule has 1 amide bonds. The van der Waals surface area contributed by atoms with Gasteiger partial charge in [0.15, 0.2) is 0 Å². The van der Waals surface area contributed by atoms with Crippen LogP contribution in [0.3, 0.4) is 0 Å². The lowest BCUT2D eigenvalue weighted by Gasteiger charge is -1.99. The Morgan fingerprint density at radius 1 is 1.35 bits per heavy atom. The molecule has 1 aromatic heterocycles. The zero-order valence-electron chi connectivity index (χ0n) is 9.57. The van der Waals surface area contributed by atoms with Gasteiger partial charge in [0.1, 0.15) is 11.6 Å². The third-order valence-corrected chi connectivity index (χ3v) is 2.32. The van der Waals surface area contributed by atoms with E-state index in [1.54, 1.807) is 29.9 Å². The first-order valence-corrected chi connectivity index (χ1v) is 5.14. The number of anilines is 1. The Hall–Kier alpha value is -2.17. The van der Waals surface area contributed by atoms with Crippen LogP contribution in [-0.4, -0.2) is 15.7 Å². The van der Waals surface area contributed by atoms with E-state index >= 15 is 0 Å². The van der Waals surface area contributed by atoms with Crippen LogP contribution >= 0.6 is 0 Å². The summed E-state index contributed by atoms with van der Waals surface area (Å²) in [5.74, 6) is 0.169. The van der Waals surface area contributed by atoms with Crippen molar-refractivity contribution in [2.24, 2.45) is 7.05 Å². The maximum absolute atomic E-state index is 12.8. The van der Waals surface area contributed by atoms with E-state index in [9.17, 15) is 9.18 Å². The maximum Gasteiger partial charge on any atom is 0.222 e. The minimum atomic E-state index is -0.285. The number of hydrogen-bond donors (Lipinski definition) is 1. The van der Waals surface area contributed by atoms with Crippen LogP contribution in [0, 0.1) is 5.82 Å². The van der Waals surface area contributed by atoms with Crippen molar-refractivity contribution in [2.75, 3.05) is 5.32 Å². The van der Waals surface area contributed by atoms with E-state index in [0.717, 1.165) is 5.56 Å². The lowest BCUT2D eigenvalue weighted by molar-refractivity contribution is -0.114. The fourth-order valence-corrected chi connectivity index (χ4v) is 1.53. The van der Waals surface area contributed by atoms with Crippen molar-refractivity contribution in [3.63, 3.8) is 0 Å². The minimum absolute atomic E-state index is 0.154. The number of nitrogens with zero attached hydrogens (tertiary/aromatic N) is 2. The molecule has 5 heteroatoms. The molecular weight excluding hydrogens is 221 g/mol. The van der Waals surface area contributed by atoms with Gasteiger partial charge >= 0.3 is 0 Å². The van der Waals surface area contributed by atoms with Gasteiger partial charge in [-0.15, -0.1) is 0 Å². The molecule has 0 aliphatic rings. The first-order valence-electron chi connectivity index (χ1n) is 5.14. The van der Waals surface area contributed by atoms with Gasteiger partial charge in [-0.1, -0.05) is 0 Å². The van der Waals surface area contributed by atoms with Crippen LogP contribution in [-0.2, 0) is 11.8 Å². The van der Waals surface area contributed by atoms with E-state index in [0.29, 0.717) is 11.5 Å². The van der Waals surface area contributed by atoms with Crippen molar-refractivity contribution in [1.29, 1.82) is 0 Å². The van der Waals surface area contributed by atoms with E-state index in [4.69, 9.17) is 0 Å². The third kappa shape index (κ3) is 2.50. The number of aromatic nitrogens is 2. The van der Waals surface area contributed by atoms with Gasteiger partial charge in [0.05, 0.1) is 5.69 Å². The number of nitrogens with one attached hydrogen (secondary N) is 1. The normalized spacial score (nSPS) is 10.3. The smallest absolute Gasteiger partial charge is 0.222 e. The average molecular weight is 233 g/mol. The second kappa shape index (κ2) is 4.37. The van der Waals surface area contributed by atoms with Crippen molar-refractivity contribution < 1.29 is 9.18 Å². The average Bonchev–Trinajstić information content (AvgIpc) is 2.60. The largest absolute Gasteiger partial charge is 0.311 e. The summed E-state index contributed by atoms with van der Waals surface area (Å²) in [6.45, 7) is 1.44. The summed E-state index contributed by atoms with van der Waals surface area (Å²) < 4.78 is 14.3. The van der Waals surface area contributed by atoms with Crippen molar-refractivity contribution >= 4 is 11.7 Å². The number of carbonyl (C=O) groups excluding carboxylic acids is 1. The molecule has 1 heterocycles. The highest BCUT2D eigenvalue weighted by atomic mass is 19.1. The summed E-state index contributed by atoms with van der Waals surface area (Å²) in [6.07, 6.45) is 0. The minimum Gasteiger partial charge on any atom is -0.311 e. The van der Waals surface area contributed by atoms with Crippen molar-refractivity contribution in [2.45, 2.75) is 6.92 Å². The summed E-state index contributed by atoms with van der Waals surface area (Å²) in [6, 6.07) is 7.79. The summed E-state index contributed by atoms with van der Waals surface area (Å²) in [5, 5.41) is 6.91. The second-order valence-electron chi connectivity index (χ2n) is 3.73. The first-order chi connectivity index (χ1) is 8.06. The SMILES string of the molecule is CC(=O)Nc1cc(-c2ccc(F)cc2)nn1C. The van der Waals surface area contributed by atoms with Crippen LogP contribution in [0.15, 0.2) is 30.3 Å². The fraction of sp³-hybridized carbons (Fsp3) is 0.167. The van der Waals surface area contributed by atoms with Gasteiger partial charge in [-0.3, -0.25) is 9.48 Å². The fourth-order valence-electron chi connectivity index (χ4n) is 1.53. The first kappa shape index (κ1) is 11.3. The van der Waals surface area contributed by atoms with Gasteiger partial charge in [-0.2, -0.15) is 5.10 Å². The monoisotopic (exact) mass is 233 g/mol. The summed E-state index contributed by atoms with van der Waals surface area (Å²) >= 11 is 0. The quantitative estimate of drug-likeness (QED) is 0.864. The van der Waals surface area contributed by atoms with Crippen molar-refractivity contribution in [1.82, 2.24) is 9.78 Å². The molecule has 1 aromatic carbocycles. The third-order valence-electron chi connectivity index (χ3n) is 2.32. The molecule has 0 saturated carbocycles. The Balaban J connectivity index is 2.34. The maximum atomic E-state index is 12.8. The Morgan fingerprint density at radius 3 is 2.59 bits per heavy atom. The Bertz CT molecular complexity index is 545. The molecule has 17 heavy (non-hydrogen) atoms. The van der Waals surface area contributed by atoms with Crippen molar-refractivity contribution in [3.05, 3.63) is 36.1 Å². The van der Waals surface area contributed by atoms with Crippen LogP contribution in [0.5, 0.6) is 0 Å². The van der Waals surface area contributed by atoms with Crippen molar-refractivity contribution in [3.8, 4) is 11.3 Å². The molecule has 0 aliphatic carbocycles. The van der Waals surface area contributed by atoms with E-state index in [1.807, 2.05) is 0 Å². The highest BCUT2D eigenvalue weighted by molar-refractivity contribution is 5.88. The Morgan fingerprint density at radius 2 is 2.00 bits per heavy atom. The predicted octanol–water partition coefficient (Wildman–Crippen LogP) is 2.18. The molecule has 0 radical (unpaired) electrons. The van der Waals surface area contributed by atoms with Crippen LogP contribution in [0.4, 0.5) is 10.2 Å². The van der Waals surface area contributed by atoms with Crippen LogP contribution in [0.2, 0.25) is 0 Å². The lowest BCUT2D eigenvalue weighted by atomic mass is 10.1. The molecule has 88 valence electrons. The number of carbonyl (C=O) groups is 1. The molecule has 0 unspecified atom stereocenters. The molecule has 0 saturated heterocycles. The molecule has 0 bridgehead atoms. The molecule has 2 rings (SSSR count). The van der Waals surface area contributed by atoms with Crippen LogP contribution < -0.4 is 5.32 Å². The molecule has 0 atom stereocenters. The highest BCUT2D eigenvalue weighted by Gasteiger charge is 2.08. The van der Waals surface area contributed by atoms with Gasteiger partial charge < -0.3 is 5.32 Å². The number of halogens is 1.